The number of aryl methyl sites for hydroxylation is 1. The summed E-state index contributed by atoms with van der Waals surface area (Å²) in [4.78, 5) is 16.8. The van der Waals surface area contributed by atoms with Crippen LogP contribution < -0.4 is 10.6 Å². The molecule has 0 unspecified atom stereocenters. The minimum absolute atomic E-state index is 0.0296. The topological polar surface area (TPSA) is 58.4 Å². The lowest BCUT2D eigenvalue weighted by molar-refractivity contribution is 0.262. The lowest BCUT2D eigenvalue weighted by Gasteiger charge is -2.09. The number of rotatable bonds is 3. The molecule has 0 radical (unpaired) electrons. The number of hydrogen-bond donors (Lipinski definition) is 2. The lowest BCUT2D eigenvalue weighted by atomic mass is 10.1. The molecule has 2 N–H and O–H groups in total. The quantitative estimate of drug-likeness (QED) is 0.513. The number of anilines is 2. The van der Waals surface area contributed by atoms with E-state index in [0.717, 1.165) is 40.7 Å². The van der Waals surface area contributed by atoms with Gasteiger partial charge in [0.15, 0.2) is 0 Å². The number of hydrogen-bond acceptors (Lipinski definition) is 2. The minimum atomic E-state index is -0.764. The number of aromatic nitrogens is 2. The number of pyridine rings is 1. The second-order valence-corrected chi connectivity index (χ2v) is 6.37. The molecule has 0 saturated heterocycles. The Morgan fingerprint density at radius 1 is 0.964 bits per heavy atom. The number of carbonyl (C=O) groups is 1. The van der Waals surface area contributed by atoms with E-state index in [1.54, 1.807) is 18.2 Å². The van der Waals surface area contributed by atoms with Crippen LogP contribution in [0.4, 0.5) is 25.0 Å². The first-order valence-corrected chi connectivity index (χ1v) is 8.57. The first kappa shape index (κ1) is 17.7. The summed E-state index contributed by atoms with van der Waals surface area (Å²) >= 11 is 0. The SMILES string of the molecule is Cc1cccn2cc(-c3cccc(NC(=O)Nc4cc(F)cc(F)c4)c3)nc12. The van der Waals surface area contributed by atoms with Gasteiger partial charge in [-0.05, 0) is 42.8 Å². The molecule has 0 aliphatic heterocycles. The van der Waals surface area contributed by atoms with Crippen LogP contribution in [0.25, 0.3) is 16.9 Å². The van der Waals surface area contributed by atoms with Crippen LogP contribution in [0.3, 0.4) is 0 Å². The molecular formula is C21H16F2N4O. The first-order chi connectivity index (χ1) is 13.5. The van der Waals surface area contributed by atoms with Gasteiger partial charge in [0, 0.05) is 35.4 Å². The summed E-state index contributed by atoms with van der Waals surface area (Å²) in [7, 11) is 0. The average Bonchev–Trinajstić information content (AvgIpc) is 3.07. The maximum atomic E-state index is 13.2. The largest absolute Gasteiger partial charge is 0.323 e. The van der Waals surface area contributed by atoms with E-state index in [-0.39, 0.29) is 5.69 Å². The number of nitrogens with zero attached hydrogens (tertiary/aromatic N) is 2. The monoisotopic (exact) mass is 378 g/mol. The standard InChI is InChI=1S/C21H16F2N4O/c1-13-4-3-7-27-12-19(26-20(13)27)14-5-2-6-17(8-14)24-21(28)25-18-10-15(22)9-16(23)11-18/h2-12H,1H3,(H2,24,25,28). The third kappa shape index (κ3) is 3.68. The number of nitrogens with one attached hydrogen (secondary N) is 2. The molecule has 2 amide bonds. The van der Waals surface area contributed by atoms with Gasteiger partial charge in [0.05, 0.1) is 5.69 Å². The van der Waals surface area contributed by atoms with E-state index >= 15 is 0 Å². The van der Waals surface area contributed by atoms with Gasteiger partial charge in [0.25, 0.3) is 0 Å². The smallest absolute Gasteiger partial charge is 0.308 e. The summed E-state index contributed by atoms with van der Waals surface area (Å²) in [6.07, 6.45) is 3.84. The van der Waals surface area contributed by atoms with Crippen LogP contribution in [-0.2, 0) is 0 Å². The maximum Gasteiger partial charge on any atom is 0.323 e. The summed E-state index contributed by atoms with van der Waals surface area (Å²) in [5, 5.41) is 5.07. The van der Waals surface area contributed by atoms with Crippen LogP contribution in [0, 0.1) is 18.6 Å². The van der Waals surface area contributed by atoms with E-state index in [1.165, 1.54) is 0 Å². The van der Waals surface area contributed by atoms with Gasteiger partial charge < -0.3 is 15.0 Å². The van der Waals surface area contributed by atoms with E-state index in [4.69, 9.17) is 0 Å². The number of carbonyl (C=O) groups excluding carboxylic acids is 1. The van der Waals surface area contributed by atoms with Crippen molar-refractivity contribution < 1.29 is 13.6 Å². The van der Waals surface area contributed by atoms with Crippen molar-refractivity contribution in [2.45, 2.75) is 6.92 Å². The fourth-order valence-electron chi connectivity index (χ4n) is 2.97. The van der Waals surface area contributed by atoms with Gasteiger partial charge in [-0.3, -0.25) is 0 Å². The van der Waals surface area contributed by atoms with Crippen LogP contribution >= 0.6 is 0 Å². The Balaban J connectivity index is 1.54. The van der Waals surface area contributed by atoms with Crippen molar-refractivity contribution in [2.75, 3.05) is 10.6 Å². The summed E-state index contributed by atoms with van der Waals surface area (Å²) in [6.45, 7) is 1.99. The van der Waals surface area contributed by atoms with Gasteiger partial charge >= 0.3 is 6.03 Å². The third-order valence-corrected chi connectivity index (χ3v) is 4.21. The van der Waals surface area contributed by atoms with Crippen LogP contribution in [0.5, 0.6) is 0 Å². The molecule has 5 nitrogen and oxygen atoms in total. The van der Waals surface area contributed by atoms with Crippen molar-refractivity contribution in [3.8, 4) is 11.3 Å². The molecule has 4 aromatic rings. The molecule has 2 aromatic heterocycles. The number of urea groups is 1. The molecule has 140 valence electrons. The second-order valence-electron chi connectivity index (χ2n) is 6.37. The van der Waals surface area contributed by atoms with E-state index in [0.29, 0.717) is 5.69 Å². The van der Waals surface area contributed by atoms with Gasteiger partial charge in [0.1, 0.15) is 17.3 Å². The van der Waals surface area contributed by atoms with Gasteiger partial charge in [0.2, 0.25) is 0 Å². The first-order valence-electron chi connectivity index (χ1n) is 8.57. The van der Waals surface area contributed by atoms with Crippen molar-refractivity contribution in [1.29, 1.82) is 0 Å². The molecule has 0 atom stereocenters. The molecule has 28 heavy (non-hydrogen) atoms. The Kier molecular flexibility index (Phi) is 4.49. The molecule has 0 bridgehead atoms. The summed E-state index contributed by atoms with van der Waals surface area (Å²) < 4.78 is 28.4. The highest BCUT2D eigenvalue weighted by Gasteiger charge is 2.09. The lowest BCUT2D eigenvalue weighted by Crippen LogP contribution is -2.19. The zero-order chi connectivity index (χ0) is 19.7. The summed E-state index contributed by atoms with van der Waals surface area (Å²) in [5.41, 5.74) is 4.08. The predicted molar refractivity (Wildman–Crippen MR) is 104 cm³/mol. The second kappa shape index (κ2) is 7.11. The van der Waals surface area contributed by atoms with Crippen LogP contribution in [0.15, 0.2) is 67.0 Å². The van der Waals surface area contributed by atoms with Crippen LogP contribution in [-0.4, -0.2) is 15.4 Å². The van der Waals surface area contributed by atoms with Gasteiger partial charge in [-0.15, -0.1) is 0 Å². The Hall–Kier alpha value is -3.74. The van der Waals surface area contributed by atoms with E-state index in [9.17, 15) is 13.6 Å². The number of amides is 2. The fraction of sp³-hybridized carbons (Fsp3) is 0.0476. The van der Waals surface area contributed by atoms with E-state index < -0.39 is 17.7 Å². The zero-order valence-corrected chi connectivity index (χ0v) is 14.9. The van der Waals surface area contributed by atoms with Crippen molar-refractivity contribution in [3.63, 3.8) is 0 Å². The van der Waals surface area contributed by atoms with Crippen LogP contribution in [0.1, 0.15) is 5.56 Å². The maximum absolute atomic E-state index is 13.2. The van der Waals surface area contributed by atoms with Crippen LogP contribution in [0.2, 0.25) is 0 Å². The fourth-order valence-corrected chi connectivity index (χ4v) is 2.97. The van der Waals surface area contributed by atoms with E-state index in [1.807, 2.05) is 41.9 Å². The normalized spacial score (nSPS) is 10.8. The number of imidazole rings is 1. The minimum Gasteiger partial charge on any atom is -0.308 e. The zero-order valence-electron chi connectivity index (χ0n) is 14.9. The molecule has 0 aliphatic carbocycles. The molecular weight excluding hydrogens is 362 g/mol. The molecule has 0 aliphatic rings. The summed E-state index contributed by atoms with van der Waals surface area (Å²) in [6, 6.07) is 13.3. The highest BCUT2D eigenvalue weighted by molar-refractivity contribution is 6.00. The molecule has 2 heterocycles. The Bertz CT molecular complexity index is 1170. The molecule has 4 rings (SSSR count). The Labute approximate surface area is 159 Å². The number of fused-ring (bicyclic) bond motifs is 1. The van der Waals surface area contributed by atoms with Gasteiger partial charge in [-0.1, -0.05) is 18.2 Å². The Morgan fingerprint density at radius 2 is 1.71 bits per heavy atom. The van der Waals surface area contributed by atoms with Crippen molar-refractivity contribution in [3.05, 3.63) is 84.2 Å². The summed E-state index contributed by atoms with van der Waals surface area (Å²) in [5.74, 6) is -1.53. The third-order valence-electron chi connectivity index (χ3n) is 4.21. The van der Waals surface area contributed by atoms with Gasteiger partial charge in [-0.25, -0.2) is 18.6 Å². The molecule has 0 fully saturated rings. The highest BCUT2D eigenvalue weighted by atomic mass is 19.1. The van der Waals surface area contributed by atoms with Gasteiger partial charge in [-0.2, -0.15) is 0 Å². The molecule has 0 saturated carbocycles. The van der Waals surface area contributed by atoms with Crippen molar-refractivity contribution in [2.24, 2.45) is 0 Å². The van der Waals surface area contributed by atoms with Crippen molar-refractivity contribution >= 4 is 23.1 Å². The highest BCUT2D eigenvalue weighted by Crippen LogP contribution is 2.23. The average molecular weight is 378 g/mol. The predicted octanol–water partition coefficient (Wildman–Crippen LogP) is 5.23. The number of halogens is 2. The van der Waals surface area contributed by atoms with Crippen molar-refractivity contribution in [1.82, 2.24) is 9.38 Å². The Morgan fingerprint density at radius 3 is 2.46 bits per heavy atom. The molecule has 0 spiro atoms. The van der Waals surface area contributed by atoms with E-state index in [2.05, 4.69) is 15.6 Å². The number of benzene rings is 2. The molecule has 2 aromatic carbocycles. The molecule has 7 heteroatoms.